The summed E-state index contributed by atoms with van der Waals surface area (Å²) in [6, 6.07) is 0. The zero-order valence-electron chi connectivity index (χ0n) is 8.22. The molecule has 0 atom stereocenters. The highest BCUT2D eigenvalue weighted by molar-refractivity contribution is 6.14. The van der Waals surface area contributed by atoms with Crippen molar-refractivity contribution in [3.63, 3.8) is 0 Å². The van der Waals surface area contributed by atoms with E-state index in [4.69, 9.17) is 0 Å². The molecule has 0 unspecified atom stereocenters. The Morgan fingerprint density at radius 2 is 1.82 bits per heavy atom. The van der Waals surface area contributed by atoms with Crippen molar-refractivity contribution in [1.82, 2.24) is 4.81 Å². The first-order chi connectivity index (χ1) is 4.95. The lowest BCUT2D eigenvalue weighted by atomic mass is 10.1. The van der Waals surface area contributed by atoms with Gasteiger partial charge in [-0.25, -0.2) is 0 Å². The average molecular weight is 155 g/mol. The predicted molar refractivity (Wildman–Crippen MR) is 49.9 cm³/mol. The van der Waals surface area contributed by atoms with Gasteiger partial charge in [-0.2, -0.15) is 0 Å². The SMILES string of the molecule is BN(CC(C)C)C(=O)C(C)C. The van der Waals surface area contributed by atoms with Crippen molar-refractivity contribution < 1.29 is 4.79 Å². The Kier molecular flexibility index (Phi) is 4.23. The van der Waals surface area contributed by atoms with Crippen LogP contribution in [-0.2, 0) is 4.79 Å². The second-order valence-electron chi connectivity index (χ2n) is 3.77. The minimum atomic E-state index is 0.124. The molecule has 64 valence electrons. The predicted octanol–water partition coefficient (Wildman–Crippen LogP) is 0.675. The Balaban J connectivity index is 3.83. The van der Waals surface area contributed by atoms with Crippen molar-refractivity contribution in [1.29, 1.82) is 0 Å². The van der Waals surface area contributed by atoms with Crippen molar-refractivity contribution in [3.8, 4) is 0 Å². The first-order valence-corrected chi connectivity index (χ1v) is 4.20. The van der Waals surface area contributed by atoms with Gasteiger partial charge in [0.1, 0.15) is 0 Å². The van der Waals surface area contributed by atoms with Crippen LogP contribution in [0, 0.1) is 11.8 Å². The monoisotopic (exact) mass is 155 g/mol. The lowest BCUT2D eigenvalue weighted by molar-refractivity contribution is -0.130. The molecule has 0 aromatic heterocycles. The molecule has 0 aliphatic heterocycles. The summed E-state index contributed by atoms with van der Waals surface area (Å²) in [5, 5.41) is 0. The fourth-order valence-electron chi connectivity index (χ4n) is 1.08. The van der Waals surface area contributed by atoms with Gasteiger partial charge in [0.15, 0.2) is 0 Å². The molecule has 1 amide bonds. The number of carbonyl (C=O) groups is 1. The molecule has 3 heteroatoms. The number of hydrogen-bond donors (Lipinski definition) is 0. The van der Waals surface area contributed by atoms with Crippen LogP contribution >= 0.6 is 0 Å². The zero-order valence-corrected chi connectivity index (χ0v) is 8.22. The van der Waals surface area contributed by atoms with E-state index in [9.17, 15) is 4.79 Å². The normalized spacial score (nSPS) is 10.7. The maximum absolute atomic E-state index is 11.3. The fourth-order valence-corrected chi connectivity index (χ4v) is 1.08. The van der Waals surface area contributed by atoms with Gasteiger partial charge in [0, 0.05) is 12.5 Å². The molecule has 0 heterocycles. The molecule has 0 saturated heterocycles. The lowest BCUT2D eigenvalue weighted by Gasteiger charge is -2.21. The second kappa shape index (κ2) is 4.42. The standard InChI is InChI=1S/C8H18BNO/c1-6(2)5-10(9)8(11)7(3)4/h6-7H,5,9H2,1-4H3. The Labute approximate surface area is 70.4 Å². The Bertz CT molecular complexity index is 134. The largest absolute Gasteiger partial charge is 0.393 e. The van der Waals surface area contributed by atoms with Crippen LogP contribution < -0.4 is 0 Å². The quantitative estimate of drug-likeness (QED) is 0.548. The van der Waals surface area contributed by atoms with Gasteiger partial charge < -0.3 is 4.81 Å². The lowest BCUT2D eigenvalue weighted by Crippen LogP contribution is -2.34. The van der Waals surface area contributed by atoms with E-state index in [0.29, 0.717) is 5.92 Å². The van der Waals surface area contributed by atoms with Gasteiger partial charge in [0.25, 0.3) is 0 Å². The van der Waals surface area contributed by atoms with Gasteiger partial charge in [-0.1, -0.05) is 27.7 Å². The summed E-state index contributed by atoms with van der Waals surface area (Å²) in [4.78, 5) is 13.1. The molecule has 0 saturated carbocycles. The van der Waals surface area contributed by atoms with Gasteiger partial charge >= 0.3 is 0 Å². The van der Waals surface area contributed by atoms with Crippen molar-refractivity contribution in [2.75, 3.05) is 6.54 Å². The van der Waals surface area contributed by atoms with E-state index in [2.05, 4.69) is 13.8 Å². The van der Waals surface area contributed by atoms with Gasteiger partial charge in [0.2, 0.25) is 13.9 Å². The summed E-state index contributed by atoms with van der Waals surface area (Å²) in [5.41, 5.74) is 0. The van der Waals surface area contributed by atoms with Crippen molar-refractivity contribution in [2.45, 2.75) is 27.7 Å². The number of carbonyl (C=O) groups excluding carboxylic acids is 1. The highest BCUT2D eigenvalue weighted by Gasteiger charge is 2.12. The molecule has 0 aromatic rings. The highest BCUT2D eigenvalue weighted by Crippen LogP contribution is 2.01. The van der Waals surface area contributed by atoms with Gasteiger partial charge in [-0.05, 0) is 5.92 Å². The van der Waals surface area contributed by atoms with Crippen LogP contribution in [0.25, 0.3) is 0 Å². The summed E-state index contributed by atoms with van der Waals surface area (Å²) in [6.07, 6.45) is 0. The highest BCUT2D eigenvalue weighted by atomic mass is 16.2. The minimum absolute atomic E-state index is 0.124. The number of rotatable bonds is 3. The number of hydrogen-bond acceptors (Lipinski definition) is 1. The molecular weight excluding hydrogens is 137 g/mol. The van der Waals surface area contributed by atoms with Crippen LogP contribution in [0.2, 0.25) is 0 Å². The molecule has 0 radical (unpaired) electrons. The molecular formula is C8H18BNO. The Hall–Kier alpha value is -0.465. The van der Waals surface area contributed by atoms with Crippen molar-refractivity contribution in [2.24, 2.45) is 11.8 Å². The third-order valence-corrected chi connectivity index (χ3v) is 1.51. The topological polar surface area (TPSA) is 20.3 Å². The van der Waals surface area contributed by atoms with E-state index in [0.717, 1.165) is 6.54 Å². The third kappa shape index (κ3) is 4.07. The maximum atomic E-state index is 11.3. The summed E-state index contributed by atoms with van der Waals surface area (Å²) >= 11 is 0. The molecule has 0 bridgehead atoms. The number of amides is 1. The first-order valence-electron chi connectivity index (χ1n) is 4.20. The number of nitrogens with zero attached hydrogens (tertiary/aromatic N) is 1. The van der Waals surface area contributed by atoms with Crippen LogP contribution in [0.3, 0.4) is 0 Å². The van der Waals surface area contributed by atoms with Gasteiger partial charge in [-0.15, -0.1) is 0 Å². The summed E-state index contributed by atoms with van der Waals surface area (Å²) in [7, 11) is 1.86. The molecule has 0 N–H and O–H groups in total. The molecule has 0 fully saturated rings. The second-order valence-corrected chi connectivity index (χ2v) is 3.77. The molecule has 0 aliphatic carbocycles. The van der Waals surface area contributed by atoms with Gasteiger partial charge in [0.05, 0.1) is 0 Å². The fraction of sp³-hybridized carbons (Fsp3) is 0.875. The van der Waals surface area contributed by atoms with Crippen LogP contribution in [0.4, 0.5) is 0 Å². The van der Waals surface area contributed by atoms with E-state index < -0.39 is 0 Å². The maximum Gasteiger partial charge on any atom is 0.221 e. The Morgan fingerprint density at radius 3 is 2.09 bits per heavy atom. The van der Waals surface area contributed by atoms with E-state index in [1.54, 1.807) is 4.81 Å². The average Bonchev–Trinajstić information content (AvgIpc) is 1.84. The van der Waals surface area contributed by atoms with E-state index in [1.165, 1.54) is 0 Å². The molecule has 0 rings (SSSR count). The first kappa shape index (κ1) is 10.5. The summed E-state index contributed by atoms with van der Waals surface area (Å²) in [6.45, 7) is 8.95. The molecule has 2 nitrogen and oxygen atoms in total. The van der Waals surface area contributed by atoms with Crippen LogP contribution in [0.15, 0.2) is 0 Å². The molecule has 0 aromatic carbocycles. The van der Waals surface area contributed by atoms with E-state index in [1.807, 2.05) is 21.8 Å². The zero-order chi connectivity index (χ0) is 9.02. The van der Waals surface area contributed by atoms with Crippen LogP contribution in [0.5, 0.6) is 0 Å². The third-order valence-electron chi connectivity index (χ3n) is 1.51. The van der Waals surface area contributed by atoms with Crippen molar-refractivity contribution in [3.05, 3.63) is 0 Å². The summed E-state index contributed by atoms with van der Waals surface area (Å²) in [5.74, 6) is 0.917. The van der Waals surface area contributed by atoms with E-state index in [-0.39, 0.29) is 11.8 Å². The van der Waals surface area contributed by atoms with Gasteiger partial charge in [-0.3, -0.25) is 4.79 Å². The van der Waals surface area contributed by atoms with Crippen LogP contribution in [-0.4, -0.2) is 25.2 Å². The van der Waals surface area contributed by atoms with E-state index >= 15 is 0 Å². The van der Waals surface area contributed by atoms with Crippen LogP contribution in [0.1, 0.15) is 27.7 Å². The molecule has 0 spiro atoms. The minimum Gasteiger partial charge on any atom is -0.393 e. The molecule has 11 heavy (non-hydrogen) atoms. The smallest absolute Gasteiger partial charge is 0.221 e. The summed E-state index contributed by atoms with van der Waals surface area (Å²) < 4.78 is 0. The Morgan fingerprint density at radius 1 is 1.36 bits per heavy atom. The van der Waals surface area contributed by atoms with Crippen molar-refractivity contribution >= 4 is 13.9 Å². The molecule has 0 aliphatic rings.